The maximum absolute atomic E-state index is 12.8. The number of nitrogens with zero attached hydrogens (tertiary/aromatic N) is 2. The smallest absolute Gasteiger partial charge is 0.406 e. The first-order chi connectivity index (χ1) is 11.8. The zero-order valence-corrected chi connectivity index (χ0v) is 13.8. The van der Waals surface area contributed by atoms with Crippen LogP contribution >= 0.6 is 0 Å². The van der Waals surface area contributed by atoms with Crippen LogP contribution in [0, 0.1) is 11.8 Å². The number of likely N-dealkylation sites (tertiary alicyclic amines) is 1. The molecule has 0 aromatic carbocycles. The SMILES string of the molecule is O=C(C1CC1)N1CCC(C(=O)N(Cc2ccco2)CC(F)(F)F)CC1. The zero-order chi connectivity index (χ0) is 18.0. The Labute approximate surface area is 143 Å². The van der Waals surface area contributed by atoms with Gasteiger partial charge in [0.2, 0.25) is 11.8 Å². The van der Waals surface area contributed by atoms with Crippen molar-refractivity contribution >= 4 is 11.8 Å². The normalized spacial score (nSPS) is 19.1. The molecular formula is C17H21F3N2O3. The van der Waals surface area contributed by atoms with Crippen molar-refractivity contribution in [2.45, 2.75) is 38.4 Å². The van der Waals surface area contributed by atoms with Gasteiger partial charge in [0.15, 0.2) is 0 Å². The van der Waals surface area contributed by atoms with Crippen molar-refractivity contribution < 1.29 is 27.2 Å². The molecule has 2 amide bonds. The average molecular weight is 358 g/mol. The minimum absolute atomic E-state index is 0.118. The summed E-state index contributed by atoms with van der Waals surface area (Å²) < 4.78 is 43.6. The Balaban J connectivity index is 1.60. The predicted molar refractivity (Wildman–Crippen MR) is 82.2 cm³/mol. The van der Waals surface area contributed by atoms with Gasteiger partial charge in [-0.15, -0.1) is 0 Å². The highest BCUT2D eigenvalue weighted by Gasteiger charge is 2.39. The van der Waals surface area contributed by atoms with Crippen LogP contribution in [0.1, 0.15) is 31.4 Å². The van der Waals surface area contributed by atoms with Crippen LogP contribution < -0.4 is 0 Å². The fourth-order valence-corrected chi connectivity index (χ4v) is 3.21. The third-order valence-corrected chi connectivity index (χ3v) is 4.69. The molecule has 2 aliphatic rings. The van der Waals surface area contributed by atoms with Crippen LogP contribution in [0.25, 0.3) is 0 Å². The van der Waals surface area contributed by atoms with E-state index in [-0.39, 0.29) is 18.4 Å². The molecule has 3 rings (SSSR count). The summed E-state index contributed by atoms with van der Waals surface area (Å²) in [6.07, 6.45) is -0.452. The predicted octanol–water partition coefficient (Wildman–Crippen LogP) is 2.82. The largest absolute Gasteiger partial charge is 0.467 e. The molecule has 0 spiro atoms. The number of carbonyl (C=O) groups is 2. The minimum atomic E-state index is -4.47. The van der Waals surface area contributed by atoms with Crippen molar-refractivity contribution in [2.75, 3.05) is 19.6 Å². The lowest BCUT2D eigenvalue weighted by atomic mass is 9.94. The number of hydrogen-bond donors (Lipinski definition) is 0. The molecule has 1 saturated carbocycles. The van der Waals surface area contributed by atoms with E-state index >= 15 is 0 Å². The van der Waals surface area contributed by atoms with E-state index < -0.39 is 24.5 Å². The van der Waals surface area contributed by atoms with E-state index in [4.69, 9.17) is 4.42 Å². The first-order valence-electron chi connectivity index (χ1n) is 8.50. The van der Waals surface area contributed by atoms with Crippen LogP contribution in [0.15, 0.2) is 22.8 Å². The van der Waals surface area contributed by atoms with Crippen molar-refractivity contribution in [2.24, 2.45) is 11.8 Å². The van der Waals surface area contributed by atoms with Crippen LogP contribution in [-0.2, 0) is 16.1 Å². The maximum atomic E-state index is 12.8. The Morgan fingerprint density at radius 2 is 1.84 bits per heavy atom. The number of carbonyl (C=O) groups excluding carboxylic acids is 2. The van der Waals surface area contributed by atoms with E-state index in [1.807, 2.05) is 0 Å². The van der Waals surface area contributed by atoms with E-state index in [1.165, 1.54) is 6.26 Å². The van der Waals surface area contributed by atoms with Gasteiger partial charge in [-0.2, -0.15) is 13.2 Å². The molecule has 8 heteroatoms. The summed E-state index contributed by atoms with van der Waals surface area (Å²) in [5.41, 5.74) is 0. The van der Waals surface area contributed by atoms with Crippen molar-refractivity contribution in [3.8, 4) is 0 Å². The summed E-state index contributed by atoms with van der Waals surface area (Å²) >= 11 is 0. The molecule has 0 atom stereocenters. The fraction of sp³-hybridized carbons (Fsp3) is 0.647. The standard InChI is InChI=1S/C17H21F3N2O3/c18-17(19,20)11-22(10-14-2-1-9-25-14)16(24)13-5-7-21(8-6-13)15(23)12-3-4-12/h1-2,9,12-13H,3-8,10-11H2. The number of halogens is 3. The third kappa shape index (κ3) is 4.76. The summed E-state index contributed by atoms with van der Waals surface area (Å²) in [5.74, 6) is -0.451. The molecule has 1 saturated heterocycles. The average Bonchev–Trinajstić information content (AvgIpc) is 3.29. The molecule has 1 aromatic rings. The Morgan fingerprint density at radius 1 is 1.16 bits per heavy atom. The molecule has 25 heavy (non-hydrogen) atoms. The lowest BCUT2D eigenvalue weighted by molar-refractivity contribution is -0.166. The monoisotopic (exact) mass is 358 g/mol. The van der Waals surface area contributed by atoms with Gasteiger partial charge in [-0.1, -0.05) is 0 Å². The highest BCUT2D eigenvalue weighted by atomic mass is 19.4. The Morgan fingerprint density at radius 3 is 2.36 bits per heavy atom. The quantitative estimate of drug-likeness (QED) is 0.813. The Hall–Kier alpha value is -1.99. The van der Waals surface area contributed by atoms with Gasteiger partial charge in [-0.25, -0.2) is 0 Å². The van der Waals surface area contributed by atoms with Crippen LogP contribution in [0.4, 0.5) is 13.2 Å². The van der Waals surface area contributed by atoms with Gasteiger partial charge in [0.1, 0.15) is 12.3 Å². The lowest BCUT2D eigenvalue weighted by Gasteiger charge is -2.34. The lowest BCUT2D eigenvalue weighted by Crippen LogP contribution is -2.46. The highest BCUT2D eigenvalue weighted by molar-refractivity contribution is 5.82. The Kier molecular flexibility index (Phi) is 5.06. The number of alkyl halides is 3. The molecule has 0 bridgehead atoms. The van der Waals surface area contributed by atoms with Gasteiger partial charge in [0, 0.05) is 24.9 Å². The van der Waals surface area contributed by atoms with Crippen LogP contribution in [0.3, 0.4) is 0 Å². The topological polar surface area (TPSA) is 53.8 Å². The van der Waals surface area contributed by atoms with Crippen molar-refractivity contribution in [1.82, 2.24) is 9.80 Å². The molecule has 2 fully saturated rings. The van der Waals surface area contributed by atoms with E-state index in [0.717, 1.165) is 17.7 Å². The number of hydrogen-bond acceptors (Lipinski definition) is 3. The van der Waals surface area contributed by atoms with Gasteiger partial charge in [0.25, 0.3) is 0 Å². The summed E-state index contributed by atoms with van der Waals surface area (Å²) in [6, 6.07) is 3.13. The maximum Gasteiger partial charge on any atom is 0.406 e. The second-order valence-electron chi connectivity index (χ2n) is 6.76. The molecule has 1 aliphatic carbocycles. The molecule has 1 aliphatic heterocycles. The first kappa shape index (κ1) is 17.8. The van der Waals surface area contributed by atoms with E-state index in [0.29, 0.717) is 31.7 Å². The number of rotatable bonds is 5. The first-order valence-corrected chi connectivity index (χ1v) is 8.50. The third-order valence-electron chi connectivity index (χ3n) is 4.69. The summed E-state index contributed by atoms with van der Waals surface area (Å²) in [5, 5.41) is 0. The van der Waals surface area contributed by atoms with E-state index in [2.05, 4.69) is 0 Å². The summed E-state index contributed by atoms with van der Waals surface area (Å²) in [7, 11) is 0. The van der Waals surface area contributed by atoms with Gasteiger partial charge >= 0.3 is 6.18 Å². The van der Waals surface area contributed by atoms with E-state index in [9.17, 15) is 22.8 Å². The molecule has 0 radical (unpaired) electrons. The zero-order valence-electron chi connectivity index (χ0n) is 13.8. The second kappa shape index (κ2) is 7.09. The van der Waals surface area contributed by atoms with Crippen molar-refractivity contribution in [1.29, 1.82) is 0 Å². The fourth-order valence-electron chi connectivity index (χ4n) is 3.21. The number of amides is 2. The molecule has 2 heterocycles. The molecule has 0 unspecified atom stereocenters. The molecule has 1 aromatic heterocycles. The van der Waals surface area contributed by atoms with Crippen molar-refractivity contribution in [3.05, 3.63) is 24.2 Å². The molecular weight excluding hydrogens is 337 g/mol. The van der Waals surface area contributed by atoms with Crippen LogP contribution in [-0.4, -0.2) is 47.4 Å². The summed E-state index contributed by atoms with van der Waals surface area (Å²) in [6.45, 7) is -0.626. The van der Waals surface area contributed by atoms with Gasteiger partial charge in [-0.3, -0.25) is 9.59 Å². The molecule has 138 valence electrons. The van der Waals surface area contributed by atoms with Gasteiger partial charge < -0.3 is 14.2 Å². The van der Waals surface area contributed by atoms with Gasteiger partial charge in [-0.05, 0) is 37.8 Å². The van der Waals surface area contributed by atoms with Crippen LogP contribution in [0.5, 0.6) is 0 Å². The Bertz CT molecular complexity index is 603. The number of piperidine rings is 1. The van der Waals surface area contributed by atoms with Crippen LogP contribution in [0.2, 0.25) is 0 Å². The highest BCUT2D eigenvalue weighted by Crippen LogP contribution is 2.33. The van der Waals surface area contributed by atoms with Gasteiger partial charge in [0.05, 0.1) is 12.8 Å². The van der Waals surface area contributed by atoms with Crippen molar-refractivity contribution in [3.63, 3.8) is 0 Å². The second-order valence-corrected chi connectivity index (χ2v) is 6.76. The molecule has 5 nitrogen and oxygen atoms in total. The number of furan rings is 1. The molecule has 0 N–H and O–H groups in total. The summed E-state index contributed by atoms with van der Waals surface area (Å²) in [4.78, 5) is 27.2. The minimum Gasteiger partial charge on any atom is -0.467 e. The van der Waals surface area contributed by atoms with E-state index in [1.54, 1.807) is 17.0 Å².